The Hall–Kier alpha value is -4.18. The summed E-state index contributed by atoms with van der Waals surface area (Å²) in [7, 11) is 2.84. The summed E-state index contributed by atoms with van der Waals surface area (Å²) in [6, 6.07) is 11.5. The lowest BCUT2D eigenvalue weighted by Crippen LogP contribution is -2.41. The van der Waals surface area contributed by atoms with E-state index < -0.39 is 22.7 Å². The number of hydrogen-bond acceptors (Lipinski definition) is 7. The summed E-state index contributed by atoms with van der Waals surface area (Å²) in [5.41, 5.74) is -1.06. The van der Waals surface area contributed by atoms with Crippen molar-refractivity contribution in [1.29, 1.82) is 0 Å². The number of benzene rings is 1. The maximum atomic E-state index is 13.1. The third kappa shape index (κ3) is 4.60. The zero-order valence-electron chi connectivity index (χ0n) is 19.4. The number of ether oxygens (including phenoxy) is 2. The molecule has 0 unspecified atom stereocenters. The van der Waals surface area contributed by atoms with Crippen molar-refractivity contribution < 1.29 is 14.3 Å². The molecule has 3 aromatic heterocycles. The van der Waals surface area contributed by atoms with Crippen LogP contribution in [0.5, 0.6) is 11.6 Å². The Labute approximate surface area is 204 Å². The predicted octanol–water partition coefficient (Wildman–Crippen LogP) is 2.80. The zero-order chi connectivity index (χ0) is 25.3. The Morgan fingerprint density at radius 3 is 2.46 bits per heavy atom. The van der Waals surface area contributed by atoms with Crippen LogP contribution in [0.15, 0.2) is 58.3 Å². The quantitative estimate of drug-likeness (QED) is 0.421. The van der Waals surface area contributed by atoms with E-state index in [4.69, 9.17) is 21.1 Å². The molecule has 0 saturated carbocycles. The van der Waals surface area contributed by atoms with Gasteiger partial charge in [-0.1, -0.05) is 23.7 Å². The number of aromatic nitrogens is 4. The van der Waals surface area contributed by atoms with E-state index in [0.29, 0.717) is 10.8 Å². The van der Waals surface area contributed by atoms with Crippen molar-refractivity contribution in [2.45, 2.75) is 19.4 Å². The molecule has 1 amide bonds. The number of aromatic amines is 1. The van der Waals surface area contributed by atoms with E-state index >= 15 is 0 Å². The predicted molar refractivity (Wildman–Crippen MR) is 131 cm³/mol. The van der Waals surface area contributed by atoms with Gasteiger partial charge in [-0.15, -0.1) is 0 Å². The lowest BCUT2D eigenvalue weighted by Gasteiger charge is -2.26. The minimum absolute atomic E-state index is 0.0385. The number of hydrogen-bond donors (Lipinski definition) is 2. The maximum Gasteiger partial charge on any atom is 0.334 e. The summed E-state index contributed by atoms with van der Waals surface area (Å²) in [4.78, 5) is 49.8. The van der Waals surface area contributed by atoms with Gasteiger partial charge in [0.25, 0.3) is 17.3 Å². The number of fused-ring (bicyclic) bond motifs is 1. The second-order valence-electron chi connectivity index (χ2n) is 8.15. The number of nitrogens with zero attached hydrogens (tertiary/aromatic N) is 3. The number of carbonyl (C=O) groups is 1. The molecule has 11 heteroatoms. The fourth-order valence-corrected chi connectivity index (χ4v) is 3.70. The van der Waals surface area contributed by atoms with E-state index in [0.717, 1.165) is 10.1 Å². The summed E-state index contributed by atoms with van der Waals surface area (Å²) < 4.78 is 11.2. The molecule has 3 heterocycles. The average Bonchev–Trinajstić information content (AvgIpc) is 2.83. The average molecular weight is 496 g/mol. The van der Waals surface area contributed by atoms with E-state index in [-0.39, 0.29) is 28.3 Å². The van der Waals surface area contributed by atoms with Gasteiger partial charge < -0.3 is 19.8 Å². The number of amides is 1. The molecule has 0 radical (unpaired) electrons. The first-order valence-electron chi connectivity index (χ1n) is 10.5. The van der Waals surface area contributed by atoms with Crippen LogP contribution in [0.2, 0.25) is 5.02 Å². The van der Waals surface area contributed by atoms with Crippen molar-refractivity contribution in [2.24, 2.45) is 0 Å². The summed E-state index contributed by atoms with van der Waals surface area (Å²) in [6.45, 7) is 3.68. The van der Waals surface area contributed by atoms with Gasteiger partial charge in [0.2, 0.25) is 0 Å². The Balaban J connectivity index is 1.70. The highest BCUT2D eigenvalue weighted by molar-refractivity contribution is 6.30. The maximum absolute atomic E-state index is 13.1. The lowest BCUT2D eigenvalue weighted by atomic mass is 9.94. The molecule has 4 rings (SSSR count). The highest BCUT2D eigenvalue weighted by Gasteiger charge is 2.24. The van der Waals surface area contributed by atoms with Crippen molar-refractivity contribution in [3.8, 4) is 17.4 Å². The standard InChI is InChI=1S/C24H22ClN5O5/c1-24(2,13-5-7-14(25)8-6-13)29-20(31)17-11-16-15(12-26-17)22(32)30(23(33)27-16)19-10-9-18(34-3)21(28-19)35-4/h5-12H,1-4H3,(H,27,33)(H,29,31). The van der Waals surface area contributed by atoms with E-state index in [1.165, 1.54) is 38.6 Å². The van der Waals surface area contributed by atoms with Gasteiger partial charge in [0.1, 0.15) is 11.5 Å². The summed E-state index contributed by atoms with van der Waals surface area (Å²) in [5.74, 6) is 0.0333. The molecule has 2 N–H and O–H groups in total. The van der Waals surface area contributed by atoms with Gasteiger partial charge in [-0.3, -0.25) is 14.6 Å². The molecule has 0 spiro atoms. The number of nitrogens with one attached hydrogen (secondary N) is 2. The first-order valence-corrected chi connectivity index (χ1v) is 10.9. The van der Waals surface area contributed by atoms with Crippen LogP contribution in [0.3, 0.4) is 0 Å². The molecular weight excluding hydrogens is 474 g/mol. The Bertz CT molecular complexity index is 1540. The van der Waals surface area contributed by atoms with Crippen LogP contribution in [0.1, 0.15) is 29.9 Å². The van der Waals surface area contributed by atoms with Crippen molar-refractivity contribution in [3.05, 3.63) is 85.8 Å². The van der Waals surface area contributed by atoms with Crippen LogP contribution >= 0.6 is 11.6 Å². The molecule has 1 aromatic carbocycles. The third-order valence-corrected chi connectivity index (χ3v) is 5.71. The second kappa shape index (κ2) is 9.22. The van der Waals surface area contributed by atoms with Gasteiger partial charge in [0, 0.05) is 11.2 Å². The molecular formula is C24H22ClN5O5. The van der Waals surface area contributed by atoms with E-state index in [1.807, 2.05) is 26.0 Å². The number of halogens is 1. The highest BCUT2D eigenvalue weighted by atomic mass is 35.5. The van der Waals surface area contributed by atoms with Crippen LogP contribution in [0.4, 0.5) is 0 Å². The van der Waals surface area contributed by atoms with Gasteiger partial charge in [-0.05, 0) is 49.7 Å². The van der Waals surface area contributed by atoms with Gasteiger partial charge in [0.05, 0.1) is 30.7 Å². The zero-order valence-corrected chi connectivity index (χ0v) is 20.1. The van der Waals surface area contributed by atoms with Crippen LogP contribution < -0.4 is 26.0 Å². The van der Waals surface area contributed by atoms with Gasteiger partial charge in [-0.25, -0.2) is 9.36 Å². The molecule has 180 valence electrons. The lowest BCUT2D eigenvalue weighted by molar-refractivity contribution is 0.0907. The van der Waals surface area contributed by atoms with E-state index in [1.54, 1.807) is 12.1 Å². The molecule has 0 aliphatic carbocycles. The summed E-state index contributed by atoms with van der Waals surface area (Å²) in [5, 5.41) is 3.60. The van der Waals surface area contributed by atoms with E-state index in [9.17, 15) is 14.4 Å². The Kier molecular flexibility index (Phi) is 6.31. The smallest absolute Gasteiger partial charge is 0.334 e. The Morgan fingerprint density at radius 2 is 1.80 bits per heavy atom. The van der Waals surface area contributed by atoms with Crippen LogP contribution in [0.25, 0.3) is 16.7 Å². The second-order valence-corrected chi connectivity index (χ2v) is 8.59. The molecule has 0 saturated heterocycles. The SMILES string of the molecule is COc1ccc(-n2c(=O)[nH]c3cc(C(=O)NC(C)(C)c4ccc(Cl)cc4)ncc3c2=O)nc1OC. The minimum atomic E-state index is -0.735. The van der Waals surface area contributed by atoms with Gasteiger partial charge in [0.15, 0.2) is 5.75 Å². The first-order chi connectivity index (χ1) is 16.6. The van der Waals surface area contributed by atoms with E-state index in [2.05, 4.69) is 20.3 Å². The summed E-state index contributed by atoms with van der Waals surface area (Å²) >= 11 is 5.95. The number of pyridine rings is 2. The van der Waals surface area contributed by atoms with Crippen molar-refractivity contribution in [3.63, 3.8) is 0 Å². The topological polar surface area (TPSA) is 128 Å². The molecule has 35 heavy (non-hydrogen) atoms. The molecule has 0 bridgehead atoms. The first kappa shape index (κ1) is 24.0. The molecule has 10 nitrogen and oxygen atoms in total. The number of H-pyrrole nitrogens is 1. The van der Waals surface area contributed by atoms with Crippen molar-refractivity contribution in [2.75, 3.05) is 14.2 Å². The number of rotatable bonds is 6. The summed E-state index contributed by atoms with van der Waals surface area (Å²) in [6.07, 6.45) is 1.25. The van der Waals surface area contributed by atoms with Crippen LogP contribution in [-0.2, 0) is 5.54 Å². The van der Waals surface area contributed by atoms with Gasteiger partial charge in [-0.2, -0.15) is 4.98 Å². The monoisotopic (exact) mass is 495 g/mol. The normalized spacial score (nSPS) is 11.3. The fourth-order valence-electron chi connectivity index (χ4n) is 3.58. The minimum Gasteiger partial charge on any atom is -0.491 e. The number of methoxy groups -OCH3 is 2. The fraction of sp³-hybridized carbons (Fsp3) is 0.208. The Morgan fingerprint density at radius 1 is 1.09 bits per heavy atom. The van der Waals surface area contributed by atoms with Crippen LogP contribution in [0, 0.1) is 0 Å². The molecule has 0 atom stereocenters. The largest absolute Gasteiger partial charge is 0.491 e. The van der Waals surface area contributed by atoms with Crippen LogP contribution in [-0.4, -0.2) is 39.6 Å². The van der Waals surface area contributed by atoms with Crippen molar-refractivity contribution in [1.82, 2.24) is 24.8 Å². The van der Waals surface area contributed by atoms with Gasteiger partial charge >= 0.3 is 5.69 Å². The highest BCUT2D eigenvalue weighted by Crippen LogP contribution is 2.25. The molecule has 0 aliphatic heterocycles. The molecule has 4 aromatic rings. The molecule has 0 aliphatic rings. The molecule has 0 fully saturated rings. The third-order valence-electron chi connectivity index (χ3n) is 5.46. The number of carbonyl (C=O) groups excluding carboxylic acids is 1. The van der Waals surface area contributed by atoms with Crippen molar-refractivity contribution >= 4 is 28.4 Å².